The van der Waals surface area contributed by atoms with Gasteiger partial charge in [-0.3, -0.25) is 0 Å². The van der Waals surface area contributed by atoms with Crippen molar-refractivity contribution in [1.29, 1.82) is 0 Å². The standard InChI is InChI=1S/C36H36O/c1-35(2,3)32-17-28(16-31-30-15-26-6-4-5-7-27(26)18-33(30)37-34(31)32)25-8-10-29(11-9-25)36-19-22-12-23(20-36)14-24(13-22)21-36/h4-11,15-18,22-24H,12-14,19-21H2,1-3H3. The molecule has 186 valence electrons. The van der Waals surface area contributed by atoms with Crippen LogP contribution in [0, 0.1) is 17.8 Å². The zero-order valence-electron chi connectivity index (χ0n) is 22.3. The fourth-order valence-electron chi connectivity index (χ4n) is 8.77. The highest BCUT2D eigenvalue weighted by molar-refractivity contribution is 6.12. The first-order chi connectivity index (χ1) is 17.8. The summed E-state index contributed by atoms with van der Waals surface area (Å²) >= 11 is 0. The predicted octanol–water partition coefficient (Wildman–Crippen LogP) is 10.2. The highest BCUT2D eigenvalue weighted by Gasteiger charge is 2.51. The molecule has 1 aromatic heterocycles. The summed E-state index contributed by atoms with van der Waals surface area (Å²) < 4.78 is 6.57. The van der Waals surface area contributed by atoms with Crippen LogP contribution in [0.4, 0.5) is 0 Å². The molecule has 0 radical (unpaired) electrons. The minimum absolute atomic E-state index is 0.0132. The molecule has 0 N–H and O–H groups in total. The highest BCUT2D eigenvalue weighted by Crippen LogP contribution is 2.60. The molecular weight excluding hydrogens is 448 g/mol. The molecule has 5 aromatic rings. The minimum Gasteiger partial charge on any atom is -0.456 e. The molecule has 4 aliphatic carbocycles. The van der Waals surface area contributed by atoms with Crippen LogP contribution in [0.3, 0.4) is 0 Å². The molecule has 4 aromatic carbocycles. The van der Waals surface area contributed by atoms with Gasteiger partial charge in [-0.25, -0.2) is 0 Å². The maximum Gasteiger partial charge on any atom is 0.139 e. The van der Waals surface area contributed by atoms with Gasteiger partial charge >= 0.3 is 0 Å². The van der Waals surface area contributed by atoms with Crippen molar-refractivity contribution in [3.8, 4) is 11.1 Å². The second-order valence-corrected chi connectivity index (χ2v) is 13.7. The molecule has 4 fully saturated rings. The van der Waals surface area contributed by atoms with Crippen molar-refractivity contribution in [2.45, 2.75) is 70.1 Å². The van der Waals surface area contributed by atoms with Crippen LogP contribution in [0.15, 0.2) is 77.2 Å². The number of hydrogen-bond donors (Lipinski definition) is 0. The Labute approximate surface area is 219 Å². The molecular formula is C36H36O. The SMILES string of the molecule is CC(C)(C)c1cc(-c2ccc(C34CC5CC(CC(C5)C3)C4)cc2)cc2c1oc1cc3ccccc3cc12. The fraction of sp³-hybridized carbons (Fsp3) is 0.389. The van der Waals surface area contributed by atoms with Crippen LogP contribution in [-0.4, -0.2) is 0 Å². The van der Waals surface area contributed by atoms with E-state index in [1.54, 1.807) is 5.56 Å². The molecule has 0 aliphatic heterocycles. The molecule has 1 heterocycles. The molecule has 9 rings (SSSR count). The maximum absolute atomic E-state index is 6.57. The van der Waals surface area contributed by atoms with Gasteiger partial charge in [0.25, 0.3) is 0 Å². The Kier molecular flexibility index (Phi) is 4.45. The van der Waals surface area contributed by atoms with Gasteiger partial charge in [0.15, 0.2) is 0 Å². The van der Waals surface area contributed by atoms with E-state index in [2.05, 4.69) is 93.6 Å². The Balaban J connectivity index is 1.26. The summed E-state index contributed by atoms with van der Waals surface area (Å²) in [7, 11) is 0. The second kappa shape index (κ2) is 7.50. The van der Waals surface area contributed by atoms with E-state index in [-0.39, 0.29) is 5.41 Å². The fourth-order valence-corrected chi connectivity index (χ4v) is 8.77. The molecule has 4 bridgehead atoms. The van der Waals surface area contributed by atoms with Crippen molar-refractivity contribution in [2.24, 2.45) is 17.8 Å². The Morgan fingerprint density at radius 2 is 1.30 bits per heavy atom. The number of hydrogen-bond acceptors (Lipinski definition) is 1. The van der Waals surface area contributed by atoms with Gasteiger partial charge in [-0.2, -0.15) is 0 Å². The predicted molar refractivity (Wildman–Crippen MR) is 155 cm³/mol. The highest BCUT2D eigenvalue weighted by atomic mass is 16.3. The molecule has 1 heteroatoms. The zero-order valence-corrected chi connectivity index (χ0v) is 22.3. The van der Waals surface area contributed by atoms with Gasteiger partial charge in [0.2, 0.25) is 0 Å². The largest absolute Gasteiger partial charge is 0.456 e. The summed E-state index contributed by atoms with van der Waals surface area (Å²) in [5.41, 5.74) is 7.95. The van der Waals surface area contributed by atoms with Gasteiger partial charge in [-0.05, 0) is 119 Å². The van der Waals surface area contributed by atoms with E-state index in [1.807, 2.05) is 0 Å². The van der Waals surface area contributed by atoms with Crippen LogP contribution in [0.25, 0.3) is 43.8 Å². The second-order valence-electron chi connectivity index (χ2n) is 13.7. The van der Waals surface area contributed by atoms with Crippen molar-refractivity contribution in [3.63, 3.8) is 0 Å². The number of rotatable bonds is 2. The summed E-state index contributed by atoms with van der Waals surface area (Å²) in [4.78, 5) is 0. The molecule has 0 amide bonds. The van der Waals surface area contributed by atoms with E-state index < -0.39 is 0 Å². The summed E-state index contributed by atoms with van der Waals surface area (Å²) in [5, 5.41) is 4.94. The number of fused-ring (bicyclic) bond motifs is 4. The normalized spacial score (nSPS) is 27.1. The third kappa shape index (κ3) is 3.36. The lowest BCUT2D eigenvalue weighted by molar-refractivity contribution is -0.00518. The van der Waals surface area contributed by atoms with Gasteiger partial charge in [0.1, 0.15) is 11.2 Å². The van der Waals surface area contributed by atoms with Gasteiger partial charge in [-0.1, -0.05) is 69.3 Å². The third-order valence-corrected chi connectivity index (χ3v) is 10.1. The van der Waals surface area contributed by atoms with Crippen molar-refractivity contribution in [3.05, 3.63) is 83.9 Å². The van der Waals surface area contributed by atoms with Gasteiger partial charge in [0.05, 0.1) is 0 Å². The quantitative estimate of drug-likeness (QED) is 0.243. The first kappa shape index (κ1) is 22.0. The smallest absolute Gasteiger partial charge is 0.139 e. The molecule has 0 spiro atoms. The molecule has 37 heavy (non-hydrogen) atoms. The Morgan fingerprint density at radius 3 is 1.92 bits per heavy atom. The summed E-state index contributed by atoms with van der Waals surface area (Å²) in [5.74, 6) is 2.94. The molecule has 0 atom stereocenters. The van der Waals surface area contributed by atoms with E-state index in [1.165, 1.54) is 76.8 Å². The van der Waals surface area contributed by atoms with Crippen molar-refractivity contribution in [2.75, 3.05) is 0 Å². The van der Waals surface area contributed by atoms with E-state index in [9.17, 15) is 0 Å². The van der Waals surface area contributed by atoms with Gasteiger partial charge in [0, 0.05) is 16.3 Å². The molecule has 1 nitrogen and oxygen atoms in total. The monoisotopic (exact) mass is 484 g/mol. The first-order valence-electron chi connectivity index (χ1n) is 14.4. The lowest BCUT2D eigenvalue weighted by atomic mass is 9.48. The van der Waals surface area contributed by atoms with Crippen LogP contribution >= 0.6 is 0 Å². The van der Waals surface area contributed by atoms with E-state index in [4.69, 9.17) is 4.42 Å². The Bertz CT molecular complexity index is 1640. The van der Waals surface area contributed by atoms with Crippen LogP contribution in [0.5, 0.6) is 0 Å². The van der Waals surface area contributed by atoms with Crippen LogP contribution in [0.2, 0.25) is 0 Å². The Morgan fingerprint density at radius 1 is 0.676 bits per heavy atom. The average molecular weight is 485 g/mol. The topological polar surface area (TPSA) is 13.1 Å². The average Bonchev–Trinajstić information content (AvgIpc) is 3.22. The van der Waals surface area contributed by atoms with E-state index in [0.29, 0.717) is 5.41 Å². The van der Waals surface area contributed by atoms with Crippen molar-refractivity contribution >= 4 is 32.7 Å². The zero-order chi connectivity index (χ0) is 24.9. The first-order valence-corrected chi connectivity index (χ1v) is 14.4. The lowest BCUT2D eigenvalue weighted by Crippen LogP contribution is -2.48. The summed E-state index contributed by atoms with van der Waals surface area (Å²) in [6.45, 7) is 6.89. The van der Waals surface area contributed by atoms with Gasteiger partial charge in [-0.15, -0.1) is 0 Å². The summed E-state index contributed by atoms with van der Waals surface area (Å²) in [6.07, 6.45) is 8.77. The van der Waals surface area contributed by atoms with Crippen LogP contribution in [-0.2, 0) is 10.8 Å². The minimum atomic E-state index is -0.0132. The Hall–Kier alpha value is -3.06. The van der Waals surface area contributed by atoms with Gasteiger partial charge < -0.3 is 4.42 Å². The molecule has 4 aliphatic rings. The molecule has 0 unspecified atom stereocenters. The van der Waals surface area contributed by atoms with Crippen LogP contribution < -0.4 is 0 Å². The maximum atomic E-state index is 6.57. The molecule has 4 saturated carbocycles. The number of furan rings is 1. The van der Waals surface area contributed by atoms with E-state index in [0.717, 1.165) is 28.9 Å². The van der Waals surface area contributed by atoms with Crippen molar-refractivity contribution < 1.29 is 4.42 Å². The molecule has 0 saturated heterocycles. The van der Waals surface area contributed by atoms with Crippen molar-refractivity contribution in [1.82, 2.24) is 0 Å². The third-order valence-electron chi connectivity index (χ3n) is 10.1. The lowest BCUT2D eigenvalue weighted by Gasteiger charge is -2.57. The van der Waals surface area contributed by atoms with Crippen LogP contribution in [0.1, 0.15) is 70.4 Å². The number of benzene rings is 4. The van der Waals surface area contributed by atoms with E-state index >= 15 is 0 Å². The summed E-state index contributed by atoms with van der Waals surface area (Å²) in [6, 6.07) is 27.6.